The van der Waals surface area contributed by atoms with Gasteiger partial charge >= 0.3 is 0 Å². The van der Waals surface area contributed by atoms with E-state index >= 15 is 0 Å². The van der Waals surface area contributed by atoms with Gasteiger partial charge in [-0.05, 0) is 41.5 Å². The zero-order valence-corrected chi connectivity index (χ0v) is 15.6. The maximum absolute atomic E-state index is 10.5. The Hall–Kier alpha value is -3.30. The molecule has 4 aromatic rings. The Bertz CT molecular complexity index is 1220. The molecule has 0 amide bonds. The molecule has 0 bridgehead atoms. The molecule has 1 aliphatic rings. The molecule has 1 aliphatic carbocycles. The molecule has 3 aromatic carbocycles. The molecule has 4 heteroatoms. The number of phenolic OH excluding ortho intramolecular Hbond substituents is 2. The average Bonchev–Trinajstić information content (AvgIpc) is 3.09. The van der Waals surface area contributed by atoms with Crippen molar-refractivity contribution in [3.63, 3.8) is 0 Å². The Morgan fingerprint density at radius 1 is 0.714 bits per heavy atom. The van der Waals surface area contributed by atoms with Gasteiger partial charge in [-0.1, -0.05) is 54.1 Å². The number of benzene rings is 3. The third kappa shape index (κ3) is 2.63. The summed E-state index contributed by atoms with van der Waals surface area (Å²) in [6, 6.07) is 22.4. The lowest BCUT2D eigenvalue weighted by Gasteiger charge is -2.13. The maximum Gasteiger partial charge on any atom is 0.123 e. The number of aromatic nitrogens is 1. The standard InChI is InChI=1S/C24H16ClNO2/c25-15-10-8-14(9-11-15)21-13-18(16-4-1-2-6-22(16)27)20-12-19-17(24(20)26-21)5-3-7-23(19)28/h1-11,13,27-28H,12H2. The summed E-state index contributed by atoms with van der Waals surface area (Å²) in [7, 11) is 0. The largest absolute Gasteiger partial charge is 0.508 e. The van der Waals surface area contributed by atoms with Crippen molar-refractivity contribution >= 4 is 11.6 Å². The molecular weight excluding hydrogens is 370 g/mol. The van der Waals surface area contributed by atoms with Crippen LogP contribution >= 0.6 is 11.6 Å². The van der Waals surface area contributed by atoms with Gasteiger partial charge in [0.25, 0.3) is 0 Å². The predicted molar refractivity (Wildman–Crippen MR) is 112 cm³/mol. The molecule has 5 rings (SSSR count). The van der Waals surface area contributed by atoms with E-state index in [1.165, 1.54) is 0 Å². The van der Waals surface area contributed by atoms with Gasteiger partial charge in [0.2, 0.25) is 0 Å². The van der Waals surface area contributed by atoms with E-state index in [1.807, 2.05) is 54.6 Å². The first-order valence-electron chi connectivity index (χ1n) is 9.01. The van der Waals surface area contributed by atoms with Gasteiger partial charge in [-0.3, -0.25) is 0 Å². The minimum Gasteiger partial charge on any atom is -0.508 e. The summed E-state index contributed by atoms with van der Waals surface area (Å²) in [6.07, 6.45) is 0.578. The van der Waals surface area contributed by atoms with Crippen LogP contribution in [0.5, 0.6) is 11.5 Å². The Balaban J connectivity index is 1.81. The monoisotopic (exact) mass is 385 g/mol. The Morgan fingerprint density at radius 2 is 1.43 bits per heavy atom. The lowest BCUT2D eigenvalue weighted by atomic mass is 9.95. The number of para-hydroxylation sites is 1. The minimum atomic E-state index is 0.220. The Labute approximate surface area is 167 Å². The lowest BCUT2D eigenvalue weighted by molar-refractivity contribution is 0.470. The fourth-order valence-electron chi connectivity index (χ4n) is 3.84. The van der Waals surface area contributed by atoms with Gasteiger partial charge in [0.1, 0.15) is 11.5 Å². The van der Waals surface area contributed by atoms with Crippen molar-refractivity contribution in [3.05, 3.63) is 88.9 Å². The summed E-state index contributed by atoms with van der Waals surface area (Å²) in [6.45, 7) is 0. The fraction of sp³-hybridized carbons (Fsp3) is 0.0417. The topological polar surface area (TPSA) is 53.4 Å². The molecule has 0 fully saturated rings. The van der Waals surface area contributed by atoms with Gasteiger partial charge in [-0.25, -0.2) is 4.98 Å². The predicted octanol–water partition coefficient (Wildman–Crippen LogP) is 6.05. The Morgan fingerprint density at radius 3 is 2.21 bits per heavy atom. The van der Waals surface area contributed by atoms with Crippen LogP contribution in [0.3, 0.4) is 0 Å². The lowest BCUT2D eigenvalue weighted by Crippen LogP contribution is -1.94. The first-order chi connectivity index (χ1) is 13.6. The molecule has 0 radical (unpaired) electrons. The highest BCUT2D eigenvalue weighted by molar-refractivity contribution is 6.30. The molecule has 0 saturated heterocycles. The van der Waals surface area contributed by atoms with Crippen molar-refractivity contribution in [3.8, 4) is 45.1 Å². The highest BCUT2D eigenvalue weighted by Crippen LogP contribution is 2.46. The second-order valence-corrected chi connectivity index (χ2v) is 7.32. The summed E-state index contributed by atoms with van der Waals surface area (Å²) in [5, 5.41) is 21.5. The number of halogens is 1. The first-order valence-corrected chi connectivity index (χ1v) is 9.39. The second kappa shape index (κ2) is 6.39. The number of fused-ring (bicyclic) bond motifs is 3. The summed E-state index contributed by atoms with van der Waals surface area (Å²) in [4.78, 5) is 4.92. The van der Waals surface area contributed by atoms with Crippen LogP contribution in [0.4, 0.5) is 0 Å². The summed E-state index contributed by atoms with van der Waals surface area (Å²) < 4.78 is 0. The van der Waals surface area contributed by atoms with E-state index < -0.39 is 0 Å². The van der Waals surface area contributed by atoms with Crippen LogP contribution in [0.1, 0.15) is 11.1 Å². The van der Waals surface area contributed by atoms with Crippen LogP contribution in [0.25, 0.3) is 33.6 Å². The van der Waals surface area contributed by atoms with Crippen molar-refractivity contribution in [2.75, 3.05) is 0 Å². The third-order valence-corrected chi connectivity index (χ3v) is 5.47. The Kier molecular flexibility index (Phi) is 3.85. The van der Waals surface area contributed by atoms with Gasteiger partial charge in [-0.15, -0.1) is 0 Å². The number of hydrogen-bond acceptors (Lipinski definition) is 3. The van der Waals surface area contributed by atoms with Crippen LogP contribution in [-0.4, -0.2) is 15.2 Å². The number of hydrogen-bond donors (Lipinski definition) is 2. The van der Waals surface area contributed by atoms with E-state index in [1.54, 1.807) is 18.2 Å². The number of rotatable bonds is 2. The quantitative estimate of drug-likeness (QED) is 0.389. The van der Waals surface area contributed by atoms with E-state index in [9.17, 15) is 10.2 Å². The molecule has 0 aliphatic heterocycles. The van der Waals surface area contributed by atoms with Gasteiger partial charge in [-0.2, -0.15) is 0 Å². The molecule has 28 heavy (non-hydrogen) atoms. The smallest absolute Gasteiger partial charge is 0.123 e. The van der Waals surface area contributed by atoms with E-state index in [2.05, 4.69) is 0 Å². The number of nitrogens with zero attached hydrogens (tertiary/aromatic N) is 1. The van der Waals surface area contributed by atoms with Crippen molar-refractivity contribution in [1.82, 2.24) is 4.98 Å². The third-order valence-electron chi connectivity index (χ3n) is 5.22. The first kappa shape index (κ1) is 16.8. The molecule has 0 atom stereocenters. The van der Waals surface area contributed by atoms with Crippen LogP contribution in [0, 0.1) is 0 Å². The number of phenols is 2. The average molecular weight is 386 g/mol. The molecule has 0 spiro atoms. The van der Waals surface area contributed by atoms with E-state index in [0.29, 0.717) is 11.4 Å². The van der Waals surface area contributed by atoms with Crippen molar-refractivity contribution in [2.24, 2.45) is 0 Å². The van der Waals surface area contributed by atoms with Crippen LogP contribution in [-0.2, 0) is 6.42 Å². The van der Waals surface area contributed by atoms with Crippen LogP contribution in [0.2, 0.25) is 5.02 Å². The summed E-state index contributed by atoms with van der Waals surface area (Å²) in [5.74, 6) is 0.491. The van der Waals surface area contributed by atoms with E-state index in [0.717, 1.165) is 44.8 Å². The SMILES string of the molecule is Oc1ccccc1-c1cc(-c2ccc(Cl)cc2)nc2c1Cc1c(O)cccc1-2. The molecule has 1 aromatic heterocycles. The molecule has 1 heterocycles. The zero-order valence-electron chi connectivity index (χ0n) is 14.9. The second-order valence-electron chi connectivity index (χ2n) is 6.89. The van der Waals surface area contributed by atoms with Gasteiger partial charge in [0.05, 0.1) is 11.4 Å². The highest BCUT2D eigenvalue weighted by Gasteiger charge is 2.27. The molecular formula is C24H16ClNO2. The highest BCUT2D eigenvalue weighted by atomic mass is 35.5. The molecule has 0 unspecified atom stereocenters. The van der Waals surface area contributed by atoms with Crippen molar-refractivity contribution in [2.45, 2.75) is 6.42 Å². The molecule has 3 nitrogen and oxygen atoms in total. The zero-order chi connectivity index (χ0) is 19.3. The van der Waals surface area contributed by atoms with Crippen LogP contribution < -0.4 is 0 Å². The molecule has 0 saturated carbocycles. The van der Waals surface area contributed by atoms with Gasteiger partial charge in [0, 0.05) is 33.7 Å². The number of pyridine rings is 1. The van der Waals surface area contributed by atoms with Crippen molar-refractivity contribution < 1.29 is 10.2 Å². The number of aromatic hydroxyl groups is 2. The summed E-state index contributed by atoms with van der Waals surface area (Å²) in [5.41, 5.74) is 7.07. The van der Waals surface area contributed by atoms with Crippen molar-refractivity contribution in [1.29, 1.82) is 0 Å². The summed E-state index contributed by atoms with van der Waals surface area (Å²) >= 11 is 6.04. The van der Waals surface area contributed by atoms with Gasteiger partial charge in [0.15, 0.2) is 0 Å². The molecule has 136 valence electrons. The van der Waals surface area contributed by atoms with E-state index in [-0.39, 0.29) is 11.5 Å². The fourth-order valence-corrected chi connectivity index (χ4v) is 3.97. The van der Waals surface area contributed by atoms with Gasteiger partial charge < -0.3 is 10.2 Å². The normalized spacial score (nSPS) is 11.9. The van der Waals surface area contributed by atoms with E-state index in [4.69, 9.17) is 16.6 Å². The minimum absolute atomic E-state index is 0.220. The molecule has 2 N–H and O–H groups in total. The maximum atomic E-state index is 10.5. The van der Waals surface area contributed by atoms with Crippen LogP contribution in [0.15, 0.2) is 72.8 Å².